The molecule has 0 fully saturated rings. The first-order chi connectivity index (χ1) is 7.60. The molecule has 1 aromatic heterocycles. The van der Waals surface area contributed by atoms with E-state index in [0.29, 0.717) is 11.4 Å². The van der Waals surface area contributed by atoms with E-state index in [2.05, 4.69) is 15.7 Å². The van der Waals surface area contributed by atoms with Gasteiger partial charge in [0.2, 0.25) is 10.0 Å². The average molecular weight is 255 g/mol. The minimum atomic E-state index is -3.65. The third kappa shape index (κ3) is 2.68. The zero-order valence-corrected chi connectivity index (χ0v) is 11.5. The molecule has 6 heteroatoms. The molecule has 0 aromatic carbocycles. The molecule has 0 spiro atoms. The lowest BCUT2D eigenvalue weighted by molar-refractivity contribution is 0.538. The Morgan fingerprint density at radius 2 is 1.94 bits per heavy atom. The molecule has 1 heterocycles. The standard InChI is InChI=1S/C11H17N3O2S/c1-7-11(4,5)13-17(15,16)10-8(2)12-14(6)9(10)3/h1,13H,2-6H3. The van der Waals surface area contributed by atoms with E-state index in [1.165, 1.54) is 4.68 Å². The lowest BCUT2D eigenvalue weighted by atomic mass is 10.1. The van der Waals surface area contributed by atoms with Crippen molar-refractivity contribution in [3.8, 4) is 12.3 Å². The van der Waals surface area contributed by atoms with Crippen molar-refractivity contribution in [2.45, 2.75) is 38.1 Å². The third-order valence-corrected chi connectivity index (χ3v) is 4.37. The van der Waals surface area contributed by atoms with Crippen LogP contribution in [0.3, 0.4) is 0 Å². The van der Waals surface area contributed by atoms with Gasteiger partial charge in [0.15, 0.2) is 0 Å². The van der Waals surface area contributed by atoms with E-state index in [1.807, 2.05) is 0 Å². The maximum absolute atomic E-state index is 12.2. The molecular formula is C11H17N3O2S. The van der Waals surface area contributed by atoms with Gasteiger partial charge in [-0.25, -0.2) is 8.42 Å². The molecular weight excluding hydrogens is 238 g/mol. The van der Waals surface area contributed by atoms with Crippen LogP contribution in [0.5, 0.6) is 0 Å². The largest absolute Gasteiger partial charge is 0.271 e. The van der Waals surface area contributed by atoms with Crippen LogP contribution in [-0.2, 0) is 17.1 Å². The van der Waals surface area contributed by atoms with E-state index in [1.54, 1.807) is 34.7 Å². The van der Waals surface area contributed by atoms with Gasteiger partial charge in [-0.2, -0.15) is 9.82 Å². The fraction of sp³-hybridized carbons (Fsp3) is 0.545. The number of nitrogens with one attached hydrogen (secondary N) is 1. The highest BCUT2D eigenvalue weighted by Gasteiger charge is 2.29. The minimum Gasteiger partial charge on any atom is -0.271 e. The number of rotatable bonds is 3. The fourth-order valence-electron chi connectivity index (χ4n) is 1.56. The zero-order chi connectivity index (χ0) is 13.4. The highest BCUT2D eigenvalue weighted by atomic mass is 32.2. The second kappa shape index (κ2) is 4.17. The van der Waals surface area contributed by atoms with Crippen molar-refractivity contribution >= 4 is 10.0 Å². The quantitative estimate of drug-likeness (QED) is 0.810. The smallest absolute Gasteiger partial charge is 0.245 e. The molecule has 17 heavy (non-hydrogen) atoms. The van der Waals surface area contributed by atoms with Crippen molar-refractivity contribution in [2.24, 2.45) is 7.05 Å². The average Bonchev–Trinajstić information content (AvgIpc) is 2.39. The fourth-order valence-corrected chi connectivity index (χ4v) is 3.34. The molecule has 0 aliphatic heterocycles. The van der Waals surface area contributed by atoms with Crippen LogP contribution in [0.15, 0.2) is 4.90 Å². The van der Waals surface area contributed by atoms with Crippen LogP contribution in [0.1, 0.15) is 25.2 Å². The first-order valence-electron chi connectivity index (χ1n) is 5.12. The summed E-state index contributed by atoms with van der Waals surface area (Å²) in [5.74, 6) is 2.40. The molecule has 94 valence electrons. The van der Waals surface area contributed by atoms with Crippen LogP contribution in [0.2, 0.25) is 0 Å². The summed E-state index contributed by atoms with van der Waals surface area (Å²) in [6.07, 6.45) is 5.28. The Morgan fingerprint density at radius 1 is 1.41 bits per heavy atom. The van der Waals surface area contributed by atoms with Gasteiger partial charge in [0.05, 0.1) is 16.9 Å². The van der Waals surface area contributed by atoms with Gasteiger partial charge in [0.1, 0.15) is 4.90 Å². The third-order valence-electron chi connectivity index (χ3n) is 2.46. The Hall–Kier alpha value is -1.32. The van der Waals surface area contributed by atoms with Gasteiger partial charge in [0, 0.05) is 7.05 Å². The number of aromatic nitrogens is 2. The summed E-state index contributed by atoms with van der Waals surface area (Å²) in [6, 6.07) is 0. The van der Waals surface area contributed by atoms with Crippen LogP contribution in [-0.4, -0.2) is 23.7 Å². The second-order valence-corrected chi connectivity index (χ2v) is 6.12. The summed E-state index contributed by atoms with van der Waals surface area (Å²) < 4.78 is 28.4. The molecule has 0 aliphatic rings. The molecule has 1 aromatic rings. The van der Waals surface area contributed by atoms with Crippen molar-refractivity contribution in [1.82, 2.24) is 14.5 Å². The van der Waals surface area contributed by atoms with E-state index >= 15 is 0 Å². The summed E-state index contributed by atoms with van der Waals surface area (Å²) >= 11 is 0. The molecule has 0 radical (unpaired) electrons. The number of aryl methyl sites for hydroxylation is 2. The molecule has 0 bridgehead atoms. The Kier molecular flexibility index (Phi) is 3.37. The molecule has 1 rings (SSSR count). The molecule has 0 saturated heterocycles. The Labute approximate surface area is 102 Å². The van der Waals surface area contributed by atoms with Gasteiger partial charge in [-0.3, -0.25) is 4.68 Å². The van der Waals surface area contributed by atoms with Crippen LogP contribution < -0.4 is 4.72 Å². The molecule has 0 aliphatic carbocycles. The lowest BCUT2D eigenvalue weighted by Crippen LogP contribution is -2.42. The SMILES string of the molecule is C#CC(C)(C)NS(=O)(=O)c1c(C)nn(C)c1C. The normalized spacial score (nSPS) is 12.5. The molecule has 0 amide bonds. The van der Waals surface area contributed by atoms with Crippen LogP contribution >= 0.6 is 0 Å². The van der Waals surface area contributed by atoms with Gasteiger partial charge in [-0.1, -0.05) is 5.92 Å². The van der Waals surface area contributed by atoms with E-state index in [9.17, 15) is 8.42 Å². The summed E-state index contributed by atoms with van der Waals surface area (Å²) in [7, 11) is -1.94. The Morgan fingerprint density at radius 3 is 2.29 bits per heavy atom. The van der Waals surface area contributed by atoms with Crippen molar-refractivity contribution in [3.05, 3.63) is 11.4 Å². The number of sulfonamides is 1. The van der Waals surface area contributed by atoms with Crippen LogP contribution in [0, 0.1) is 26.2 Å². The van der Waals surface area contributed by atoms with Crippen LogP contribution in [0.25, 0.3) is 0 Å². The van der Waals surface area contributed by atoms with Crippen LogP contribution in [0.4, 0.5) is 0 Å². The van der Waals surface area contributed by atoms with Gasteiger partial charge in [-0.15, -0.1) is 6.42 Å². The van der Waals surface area contributed by atoms with Crippen molar-refractivity contribution < 1.29 is 8.42 Å². The van der Waals surface area contributed by atoms with Crippen molar-refractivity contribution in [3.63, 3.8) is 0 Å². The second-order valence-electron chi connectivity index (χ2n) is 4.50. The lowest BCUT2D eigenvalue weighted by Gasteiger charge is -2.19. The number of hydrogen-bond acceptors (Lipinski definition) is 3. The molecule has 0 saturated carbocycles. The maximum Gasteiger partial charge on any atom is 0.245 e. The van der Waals surface area contributed by atoms with E-state index in [4.69, 9.17) is 6.42 Å². The van der Waals surface area contributed by atoms with Gasteiger partial charge < -0.3 is 0 Å². The van der Waals surface area contributed by atoms with Gasteiger partial charge >= 0.3 is 0 Å². The maximum atomic E-state index is 12.2. The predicted molar refractivity (Wildman–Crippen MR) is 65.9 cm³/mol. The summed E-state index contributed by atoms with van der Waals surface area (Å²) in [5, 5.41) is 4.08. The predicted octanol–water partition coefficient (Wildman–Crippen LogP) is 0.727. The van der Waals surface area contributed by atoms with E-state index in [0.717, 1.165) is 0 Å². The topological polar surface area (TPSA) is 64.0 Å². The summed E-state index contributed by atoms with van der Waals surface area (Å²) in [6.45, 7) is 6.62. The van der Waals surface area contributed by atoms with Gasteiger partial charge in [0.25, 0.3) is 0 Å². The summed E-state index contributed by atoms with van der Waals surface area (Å²) in [5.41, 5.74) is 0.126. The number of terminal acetylenes is 1. The zero-order valence-electron chi connectivity index (χ0n) is 10.7. The van der Waals surface area contributed by atoms with E-state index in [-0.39, 0.29) is 4.90 Å². The summed E-state index contributed by atoms with van der Waals surface area (Å²) in [4.78, 5) is 0.198. The molecule has 1 N–H and O–H groups in total. The van der Waals surface area contributed by atoms with Gasteiger partial charge in [-0.05, 0) is 27.7 Å². The minimum absolute atomic E-state index is 0.198. The van der Waals surface area contributed by atoms with Crippen molar-refractivity contribution in [2.75, 3.05) is 0 Å². The van der Waals surface area contributed by atoms with E-state index < -0.39 is 15.6 Å². The molecule has 0 unspecified atom stereocenters. The Bertz CT molecular complexity index is 577. The first-order valence-corrected chi connectivity index (χ1v) is 6.61. The molecule has 0 atom stereocenters. The number of nitrogens with zero attached hydrogens (tertiary/aromatic N) is 2. The molecule has 5 nitrogen and oxygen atoms in total. The first kappa shape index (κ1) is 13.7. The highest BCUT2D eigenvalue weighted by molar-refractivity contribution is 7.89. The van der Waals surface area contributed by atoms with Crippen molar-refractivity contribution in [1.29, 1.82) is 0 Å². The number of hydrogen-bond donors (Lipinski definition) is 1. The monoisotopic (exact) mass is 255 g/mol. The Balaban J connectivity index is 3.30. The highest BCUT2D eigenvalue weighted by Crippen LogP contribution is 2.20.